The summed E-state index contributed by atoms with van der Waals surface area (Å²) in [5.74, 6) is -0.237. The van der Waals surface area contributed by atoms with Crippen molar-refractivity contribution in [1.29, 1.82) is 0 Å². The number of carbonyl (C=O) groups excluding carboxylic acids is 1. The van der Waals surface area contributed by atoms with Gasteiger partial charge in [0.15, 0.2) is 0 Å². The monoisotopic (exact) mass is 371 g/mol. The van der Waals surface area contributed by atoms with E-state index < -0.39 is 5.95 Å². The number of halogens is 1. The van der Waals surface area contributed by atoms with Gasteiger partial charge >= 0.3 is 0 Å². The number of amides is 1. The van der Waals surface area contributed by atoms with Gasteiger partial charge in [-0.05, 0) is 19.1 Å². The number of nitrogens with zero attached hydrogens (tertiary/aromatic N) is 2. The van der Waals surface area contributed by atoms with Crippen molar-refractivity contribution < 1.29 is 13.6 Å². The maximum Gasteiger partial charge on any atom is 0.263 e. The van der Waals surface area contributed by atoms with E-state index in [-0.39, 0.29) is 5.91 Å². The average Bonchev–Trinajstić information content (AvgIpc) is 3.12. The normalized spacial score (nSPS) is 16.0. The van der Waals surface area contributed by atoms with Gasteiger partial charge in [0.05, 0.1) is 4.91 Å². The molecule has 0 spiro atoms. The van der Waals surface area contributed by atoms with E-state index in [2.05, 4.69) is 15.3 Å². The minimum absolute atomic E-state index is 0.243. The number of aromatic nitrogens is 2. The van der Waals surface area contributed by atoms with Gasteiger partial charge in [0.25, 0.3) is 5.91 Å². The first-order valence-corrected chi connectivity index (χ1v) is 8.48. The fourth-order valence-corrected chi connectivity index (χ4v) is 3.54. The van der Waals surface area contributed by atoms with Crippen LogP contribution in [0.25, 0.3) is 28.2 Å². The number of fused-ring (bicyclic) bond motifs is 1. The largest absolute Gasteiger partial charge is 0.456 e. The van der Waals surface area contributed by atoms with Crippen molar-refractivity contribution in [1.82, 2.24) is 15.3 Å². The number of nitrogens with one attached hydrogen (secondary N) is 1. The minimum atomic E-state index is -0.506. The number of thiocarbonyl (C=S) groups is 1. The highest BCUT2D eigenvalue weighted by Crippen LogP contribution is 2.33. The first-order valence-electron chi connectivity index (χ1n) is 7.26. The lowest BCUT2D eigenvalue weighted by atomic mass is 10.1. The first-order chi connectivity index (χ1) is 12.0. The van der Waals surface area contributed by atoms with Crippen LogP contribution in [0.2, 0.25) is 0 Å². The highest BCUT2D eigenvalue weighted by atomic mass is 32.2. The van der Waals surface area contributed by atoms with E-state index in [4.69, 9.17) is 16.6 Å². The molecule has 4 heterocycles. The number of pyridine rings is 2. The van der Waals surface area contributed by atoms with Crippen molar-refractivity contribution in [2.24, 2.45) is 0 Å². The van der Waals surface area contributed by atoms with Gasteiger partial charge in [-0.15, -0.1) is 0 Å². The Bertz CT molecular complexity index is 1070. The van der Waals surface area contributed by atoms with E-state index in [0.29, 0.717) is 37.3 Å². The average molecular weight is 371 g/mol. The third-order valence-electron chi connectivity index (χ3n) is 3.68. The molecule has 1 N–H and O–H groups in total. The molecule has 0 bridgehead atoms. The van der Waals surface area contributed by atoms with Crippen LogP contribution >= 0.6 is 24.0 Å². The van der Waals surface area contributed by atoms with Crippen LogP contribution in [0.3, 0.4) is 0 Å². The number of thioether (sulfide) groups is 1. The molecule has 3 aromatic heterocycles. The van der Waals surface area contributed by atoms with Gasteiger partial charge in [-0.1, -0.05) is 24.0 Å². The van der Waals surface area contributed by atoms with Crippen molar-refractivity contribution >= 4 is 51.3 Å². The lowest BCUT2D eigenvalue weighted by Gasteiger charge is -2.03. The van der Waals surface area contributed by atoms with E-state index in [1.54, 1.807) is 37.5 Å². The molecule has 0 atom stereocenters. The first kappa shape index (κ1) is 15.9. The van der Waals surface area contributed by atoms with Crippen LogP contribution in [0.4, 0.5) is 4.39 Å². The van der Waals surface area contributed by atoms with Crippen LogP contribution in [-0.2, 0) is 4.79 Å². The Morgan fingerprint density at radius 3 is 2.88 bits per heavy atom. The summed E-state index contributed by atoms with van der Waals surface area (Å²) < 4.78 is 19.7. The summed E-state index contributed by atoms with van der Waals surface area (Å²) in [7, 11) is 0. The quantitative estimate of drug-likeness (QED) is 0.420. The number of rotatable bonds is 2. The fraction of sp³-hybridized carbons (Fsp3) is 0.0588. The summed E-state index contributed by atoms with van der Waals surface area (Å²) in [4.78, 5) is 20.2. The summed E-state index contributed by atoms with van der Waals surface area (Å²) in [6.07, 6.45) is 6.39. The molecule has 0 radical (unpaired) electrons. The molecule has 4 rings (SSSR count). The number of hydrogen-bond acceptors (Lipinski definition) is 6. The molecule has 1 fully saturated rings. The number of hydrogen-bond donors (Lipinski definition) is 1. The number of furan rings is 1. The molecular formula is C17H10FN3O2S2. The Balaban J connectivity index is 1.81. The third kappa shape index (κ3) is 2.94. The van der Waals surface area contributed by atoms with Gasteiger partial charge < -0.3 is 9.73 Å². The van der Waals surface area contributed by atoms with Crippen LogP contribution in [-0.4, -0.2) is 20.2 Å². The smallest absolute Gasteiger partial charge is 0.263 e. The van der Waals surface area contributed by atoms with E-state index >= 15 is 0 Å². The van der Waals surface area contributed by atoms with Gasteiger partial charge in [-0.2, -0.15) is 4.39 Å². The molecule has 0 aromatic carbocycles. The molecular weight excluding hydrogens is 361 g/mol. The summed E-state index contributed by atoms with van der Waals surface area (Å²) >= 11 is 6.16. The van der Waals surface area contributed by atoms with Gasteiger partial charge in [-0.3, -0.25) is 9.78 Å². The summed E-state index contributed by atoms with van der Waals surface area (Å²) in [6, 6.07) is 3.48. The Hall–Kier alpha value is -2.58. The van der Waals surface area contributed by atoms with Gasteiger partial charge in [0, 0.05) is 46.7 Å². The summed E-state index contributed by atoms with van der Waals surface area (Å²) in [5.41, 5.74) is 2.45. The molecule has 0 unspecified atom stereocenters. The van der Waals surface area contributed by atoms with Crippen molar-refractivity contribution in [3.05, 3.63) is 52.9 Å². The summed E-state index contributed by atoms with van der Waals surface area (Å²) in [5, 5.41) is 3.33. The van der Waals surface area contributed by atoms with Crippen LogP contribution < -0.4 is 5.32 Å². The predicted molar refractivity (Wildman–Crippen MR) is 98.2 cm³/mol. The van der Waals surface area contributed by atoms with E-state index in [0.717, 1.165) is 5.39 Å². The van der Waals surface area contributed by atoms with Crippen LogP contribution in [0, 0.1) is 12.9 Å². The SMILES string of the molecule is Cc1cc(-c2cncc3cc(/C=C4/SC(=S)NC4=O)oc23)cnc1F. The molecule has 5 nitrogen and oxygen atoms in total. The van der Waals surface area contributed by atoms with Crippen molar-refractivity contribution in [2.75, 3.05) is 0 Å². The number of carbonyl (C=O) groups is 1. The Labute approximate surface area is 151 Å². The topological polar surface area (TPSA) is 68.0 Å². The second kappa shape index (κ2) is 6.05. The number of aryl methyl sites for hydroxylation is 1. The van der Waals surface area contributed by atoms with Crippen LogP contribution in [0.1, 0.15) is 11.3 Å². The molecule has 1 aliphatic rings. The Morgan fingerprint density at radius 1 is 1.32 bits per heavy atom. The molecule has 0 aliphatic carbocycles. The Kier molecular flexibility index (Phi) is 3.85. The molecule has 8 heteroatoms. The zero-order valence-electron chi connectivity index (χ0n) is 12.9. The lowest BCUT2D eigenvalue weighted by Crippen LogP contribution is -2.17. The molecule has 124 valence electrons. The summed E-state index contributed by atoms with van der Waals surface area (Å²) in [6.45, 7) is 1.65. The van der Waals surface area contributed by atoms with E-state index in [1.807, 2.05) is 0 Å². The molecule has 3 aromatic rings. The fourth-order valence-electron chi connectivity index (χ4n) is 2.51. The van der Waals surface area contributed by atoms with E-state index in [9.17, 15) is 9.18 Å². The highest BCUT2D eigenvalue weighted by Gasteiger charge is 2.23. The maximum absolute atomic E-state index is 13.4. The second-order valence-corrected chi connectivity index (χ2v) is 7.16. The maximum atomic E-state index is 13.4. The zero-order valence-corrected chi connectivity index (χ0v) is 14.5. The minimum Gasteiger partial charge on any atom is -0.456 e. The predicted octanol–water partition coefficient (Wildman–Crippen LogP) is 3.83. The third-order valence-corrected chi connectivity index (χ3v) is 4.85. The zero-order chi connectivity index (χ0) is 17.6. The highest BCUT2D eigenvalue weighted by molar-refractivity contribution is 8.26. The Morgan fingerprint density at radius 2 is 2.16 bits per heavy atom. The van der Waals surface area contributed by atoms with Gasteiger partial charge in [0.2, 0.25) is 5.95 Å². The molecule has 1 amide bonds. The standard InChI is InChI=1S/C17H10FN3O2S2/c1-8-2-9(6-20-15(8)18)12-7-19-5-10-3-11(23-14(10)12)4-13-16(22)21-17(24)25-13/h2-7H,1H3,(H,21,22,24)/b13-4+. The van der Waals surface area contributed by atoms with Gasteiger partial charge in [0.1, 0.15) is 15.7 Å². The van der Waals surface area contributed by atoms with Crippen molar-refractivity contribution in [3.63, 3.8) is 0 Å². The second-order valence-electron chi connectivity index (χ2n) is 5.44. The van der Waals surface area contributed by atoms with Crippen LogP contribution in [0.5, 0.6) is 0 Å². The molecule has 1 saturated heterocycles. The van der Waals surface area contributed by atoms with Crippen molar-refractivity contribution in [3.8, 4) is 11.1 Å². The van der Waals surface area contributed by atoms with Gasteiger partial charge in [-0.25, -0.2) is 4.98 Å². The molecule has 0 saturated carbocycles. The lowest BCUT2D eigenvalue weighted by molar-refractivity contribution is -0.115. The van der Waals surface area contributed by atoms with Crippen molar-refractivity contribution in [2.45, 2.75) is 6.92 Å². The van der Waals surface area contributed by atoms with Crippen LogP contribution in [0.15, 0.2) is 40.0 Å². The van der Waals surface area contributed by atoms with E-state index in [1.165, 1.54) is 18.0 Å². The molecule has 25 heavy (non-hydrogen) atoms. The molecule has 1 aliphatic heterocycles.